The van der Waals surface area contributed by atoms with Crippen molar-refractivity contribution in [2.45, 2.75) is 108 Å². The second-order valence-electron chi connectivity index (χ2n) is 17.2. The summed E-state index contributed by atoms with van der Waals surface area (Å²) in [6.45, 7) is 5.16. The molecule has 1 aromatic heterocycles. The normalized spacial score (nSPS) is 18.0. The number of imidazole rings is 1. The van der Waals surface area contributed by atoms with Crippen LogP contribution in [0, 0.1) is 17.8 Å². The van der Waals surface area contributed by atoms with Gasteiger partial charge in [-0.3, -0.25) is 24.1 Å². The van der Waals surface area contributed by atoms with Crippen molar-refractivity contribution in [2.24, 2.45) is 29.2 Å². The van der Waals surface area contributed by atoms with Gasteiger partial charge in [-0.25, -0.2) is 9.78 Å². The Morgan fingerprint density at radius 3 is 2.27 bits per heavy atom. The number of nitrogens with one attached hydrogen (secondary N) is 2. The number of carbonyl (C=O) groups excluding carboxylic acids is 5. The summed E-state index contributed by atoms with van der Waals surface area (Å²) < 4.78 is 12.0. The van der Waals surface area contributed by atoms with Crippen LogP contribution in [0.2, 0.25) is 0 Å². The minimum absolute atomic E-state index is 0.0105. The molecule has 0 spiro atoms. The van der Waals surface area contributed by atoms with Crippen molar-refractivity contribution in [3.05, 3.63) is 119 Å². The van der Waals surface area contributed by atoms with Crippen LogP contribution < -0.4 is 21.5 Å². The quantitative estimate of drug-likeness (QED) is 0.0809. The Bertz CT molecular complexity index is 2140. The highest BCUT2D eigenvalue weighted by molar-refractivity contribution is 6.06. The number of ether oxygens (including phenoxy) is 2. The van der Waals surface area contributed by atoms with Gasteiger partial charge in [0.1, 0.15) is 23.9 Å². The van der Waals surface area contributed by atoms with Gasteiger partial charge in [0.25, 0.3) is 0 Å². The Morgan fingerprint density at radius 1 is 0.968 bits per heavy atom. The van der Waals surface area contributed by atoms with E-state index in [-0.39, 0.29) is 49.9 Å². The summed E-state index contributed by atoms with van der Waals surface area (Å²) in [5.74, 6) is -5.63. The molecule has 0 radical (unpaired) electrons. The number of H-pyrrole nitrogens is 1. The molecule has 4 aromatic rings. The van der Waals surface area contributed by atoms with E-state index in [2.05, 4.69) is 15.3 Å². The second-order valence-corrected chi connectivity index (χ2v) is 17.2. The number of hydrogen-bond donors (Lipinski definition) is 5. The standard InChI is InChI=1S/C48H60N6O8/c1-30(2)25-52-45(58)42(50)43(56)38(21-32-13-7-4-8-14-32)44(57)48(24-36-26-51-29-53-36,54(31(3)55)46(59)40(49)22-33-15-9-5-10-16-33)39-28-61-41-20-19-35(23-37(39)41)47(60)62-27-34-17-11-6-12-18-34/h5-6,9-12,15-20,23,26,29-30,32,38-40,42-43,56H,4,7-8,13-14,21-22,24-25,27-28,49-50H2,1-3H3,(H,51,53)(H,52,58)/t38-,39-,40-,42?,43?,48-/m0/s1. The van der Waals surface area contributed by atoms with Crippen LogP contribution in [0.1, 0.15) is 98.0 Å². The van der Waals surface area contributed by atoms with E-state index in [1.54, 1.807) is 18.2 Å². The third-order valence-corrected chi connectivity index (χ3v) is 12.2. The first-order chi connectivity index (χ1) is 29.8. The van der Waals surface area contributed by atoms with Crippen molar-refractivity contribution < 1.29 is 38.6 Å². The molecular weight excluding hydrogens is 789 g/mol. The van der Waals surface area contributed by atoms with E-state index in [0.717, 1.165) is 48.1 Å². The summed E-state index contributed by atoms with van der Waals surface area (Å²) >= 11 is 0. The Hall–Kier alpha value is -5.70. The summed E-state index contributed by atoms with van der Waals surface area (Å²) in [4.78, 5) is 81.5. The van der Waals surface area contributed by atoms with Gasteiger partial charge in [-0.2, -0.15) is 0 Å². The number of rotatable bonds is 19. The number of amides is 3. The van der Waals surface area contributed by atoms with E-state index in [1.165, 1.54) is 19.4 Å². The number of aliphatic hydroxyl groups is 1. The van der Waals surface area contributed by atoms with Gasteiger partial charge in [0, 0.05) is 43.3 Å². The fourth-order valence-electron chi connectivity index (χ4n) is 9.03. The van der Waals surface area contributed by atoms with Gasteiger partial charge in [-0.1, -0.05) is 107 Å². The monoisotopic (exact) mass is 848 g/mol. The van der Waals surface area contributed by atoms with Crippen molar-refractivity contribution >= 4 is 29.5 Å². The van der Waals surface area contributed by atoms with Crippen LogP contribution in [-0.2, 0) is 43.4 Å². The van der Waals surface area contributed by atoms with E-state index < -0.39 is 65.0 Å². The first-order valence-electron chi connectivity index (χ1n) is 21.6. The van der Waals surface area contributed by atoms with Crippen LogP contribution in [0.25, 0.3) is 0 Å². The maximum atomic E-state index is 16.4. The molecule has 14 nitrogen and oxygen atoms in total. The zero-order valence-electron chi connectivity index (χ0n) is 35.8. The molecule has 0 saturated heterocycles. The average Bonchev–Trinajstić information content (AvgIpc) is 3.96. The van der Waals surface area contributed by atoms with Gasteiger partial charge in [0.05, 0.1) is 36.6 Å². The van der Waals surface area contributed by atoms with E-state index in [0.29, 0.717) is 23.6 Å². The molecule has 1 fully saturated rings. The maximum absolute atomic E-state index is 16.4. The number of benzene rings is 3. The van der Waals surface area contributed by atoms with Gasteiger partial charge >= 0.3 is 5.97 Å². The lowest BCUT2D eigenvalue weighted by Gasteiger charge is -2.48. The molecule has 3 amide bonds. The van der Waals surface area contributed by atoms with Crippen molar-refractivity contribution in [2.75, 3.05) is 13.2 Å². The van der Waals surface area contributed by atoms with Crippen LogP contribution in [0.15, 0.2) is 91.4 Å². The predicted octanol–water partition coefficient (Wildman–Crippen LogP) is 4.79. The van der Waals surface area contributed by atoms with Crippen molar-refractivity contribution in [3.8, 4) is 5.75 Å². The van der Waals surface area contributed by atoms with Crippen LogP contribution in [0.5, 0.6) is 5.75 Å². The molecule has 1 saturated carbocycles. The number of Topliss-reactive ketones (excluding diaryl/α,β-unsaturated/α-hetero) is 1. The molecule has 0 bridgehead atoms. The Labute approximate surface area is 363 Å². The molecule has 62 heavy (non-hydrogen) atoms. The molecular formula is C48H60N6O8. The number of aromatic amines is 1. The van der Waals surface area contributed by atoms with Gasteiger partial charge in [-0.05, 0) is 54.0 Å². The maximum Gasteiger partial charge on any atom is 0.338 e. The zero-order chi connectivity index (χ0) is 44.4. The number of hydrogen-bond acceptors (Lipinski definition) is 11. The molecule has 2 unspecified atom stereocenters. The highest BCUT2D eigenvalue weighted by Gasteiger charge is 2.60. The third kappa shape index (κ3) is 10.7. The number of ketones is 1. The minimum Gasteiger partial charge on any atom is -0.493 e. The van der Waals surface area contributed by atoms with Crippen LogP contribution in [0.4, 0.5) is 0 Å². The lowest BCUT2D eigenvalue weighted by Crippen LogP contribution is -2.69. The number of aromatic nitrogens is 2. The average molecular weight is 849 g/mol. The number of imide groups is 1. The summed E-state index contributed by atoms with van der Waals surface area (Å²) in [7, 11) is 0. The smallest absolute Gasteiger partial charge is 0.338 e. The first kappa shape index (κ1) is 45.8. The Kier molecular flexibility index (Phi) is 15.5. The zero-order valence-corrected chi connectivity index (χ0v) is 35.8. The summed E-state index contributed by atoms with van der Waals surface area (Å²) in [6, 6.07) is 20.2. The molecule has 7 N–H and O–H groups in total. The Morgan fingerprint density at radius 2 is 1.65 bits per heavy atom. The van der Waals surface area contributed by atoms with Gasteiger partial charge in [0.15, 0.2) is 5.78 Å². The van der Waals surface area contributed by atoms with Crippen LogP contribution in [0.3, 0.4) is 0 Å². The molecule has 2 heterocycles. The first-order valence-corrected chi connectivity index (χ1v) is 21.6. The van der Waals surface area contributed by atoms with Gasteiger partial charge in [0.2, 0.25) is 17.7 Å². The van der Waals surface area contributed by atoms with E-state index in [1.807, 2.05) is 74.5 Å². The molecule has 330 valence electrons. The Balaban J connectivity index is 1.53. The van der Waals surface area contributed by atoms with Crippen LogP contribution >= 0.6 is 0 Å². The molecule has 6 rings (SSSR count). The number of nitrogens with zero attached hydrogens (tertiary/aromatic N) is 2. The van der Waals surface area contributed by atoms with E-state index in [4.69, 9.17) is 20.9 Å². The lowest BCUT2D eigenvalue weighted by molar-refractivity contribution is -0.163. The highest BCUT2D eigenvalue weighted by atomic mass is 16.5. The van der Waals surface area contributed by atoms with Gasteiger partial charge in [-0.15, -0.1) is 0 Å². The highest BCUT2D eigenvalue weighted by Crippen LogP contribution is 2.48. The number of carbonyl (C=O) groups is 5. The number of esters is 1. The second kappa shape index (κ2) is 20.9. The van der Waals surface area contributed by atoms with Crippen LogP contribution in [-0.4, -0.2) is 86.3 Å². The summed E-state index contributed by atoms with van der Waals surface area (Å²) in [6.07, 6.45) is 5.50. The molecule has 3 aromatic carbocycles. The molecule has 2 aliphatic rings. The molecule has 1 aliphatic carbocycles. The fraction of sp³-hybridized carbons (Fsp3) is 0.458. The van der Waals surface area contributed by atoms with Crippen molar-refractivity contribution in [3.63, 3.8) is 0 Å². The largest absolute Gasteiger partial charge is 0.493 e. The SMILES string of the molecule is CC(=O)N(C(=O)[C@@H](N)Cc1ccccc1)[C@](Cc1cnc[nH]1)(C(=O)[C@@H](CC1CCCCC1)C(O)C(N)C(=O)NCC(C)C)[C@H]1COc2ccc(C(=O)OCc3ccccc3)cc21. The summed E-state index contributed by atoms with van der Waals surface area (Å²) in [5.41, 5.74) is 13.6. The minimum atomic E-state index is -2.17. The predicted molar refractivity (Wildman–Crippen MR) is 232 cm³/mol. The third-order valence-electron chi connectivity index (χ3n) is 12.2. The van der Waals surface area contributed by atoms with E-state index >= 15 is 9.59 Å². The van der Waals surface area contributed by atoms with Crippen molar-refractivity contribution in [1.29, 1.82) is 0 Å². The number of aliphatic hydroxyl groups excluding tert-OH is 1. The summed E-state index contributed by atoms with van der Waals surface area (Å²) in [5, 5.41) is 15.1. The van der Waals surface area contributed by atoms with Gasteiger partial charge < -0.3 is 36.3 Å². The number of fused-ring (bicyclic) bond motifs is 1. The van der Waals surface area contributed by atoms with Crippen molar-refractivity contribution in [1.82, 2.24) is 20.2 Å². The number of nitrogens with two attached hydrogens (primary N) is 2. The molecule has 6 atom stereocenters. The topological polar surface area (TPSA) is 220 Å². The fourth-order valence-corrected chi connectivity index (χ4v) is 9.03. The molecule has 14 heteroatoms. The molecule has 1 aliphatic heterocycles. The lowest BCUT2D eigenvalue weighted by atomic mass is 9.65. The van der Waals surface area contributed by atoms with E-state index in [9.17, 15) is 19.5 Å².